The predicted octanol–water partition coefficient (Wildman–Crippen LogP) is 6.74. The molecule has 0 radical (unpaired) electrons. The first kappa shape index (κ1) is 26.8. The van der Waals surface area contributed by atoms with Crippen LogP contribution in [0.4, 0.5) is 5.69 Å². The van der Waals surface area contributed by atoms with Gasteiger partial charge in [0.05, 0.1) is 24.6 Å². The first-order valence-electron chi connectivity index (χ1n) is 14.0. The van der Waals surface area contributed by atoms with Crippen LogP contribution in [0.3, 0.4) is 0 Å². The molecule has 2 heterocycles. The van der Waals surface area contributed by atoms with Crippen molar-refractivity contribution in [3.63, 3.8) is 0 Å². The highest BCUT2D eigenvalue weighted by molar-refractivity contribution is 5.85. The topological polar surface area (TPSA) is 71.5 Å². The van der Waals surface area contributed by atoms with Crippen LogP contribution in [-0.4, -0.2) is 29.9 Å². The van der Waals surface area contributed by atoms with Crippen LogP contribution >= 0.6 is 0 Å². The number of nitrogens with two attached hydrogens (primary N) is 1. The maximum atomic E-state index is 13.9. The van der Waals surface area contributed by atoms with Crippen LogP contribution in [0.25, 0.3) is 11.1 Å². The van der Waals surface area contributed by atoms with Gasteiger partial charge in [-0.3, -0.25) is 4.79 Å². The van der Waals surface area contributed by atoms with E-state index in [2.05, 4.69) is 81.5 Å². The van der Waals surface area contributed by atoms with E-state index in [4.69, 9.17) is 10.2 Å². The summed E-state index contributed by atoms with van der Waals surface area (Å²) in [5.74, 6) is 0.00745. The van der Waals surface area contributed by atoms with Gasteiger partial charge in [0, 0.05) is 29.9 Å². The third kappa shape index (κ3) is 5.64. The van der Waals surface area contributed by atoms with Crippen LogP contribution in [0.15, 0.2) is 77.6 Å². The van der Waals surface area contributed by atoms with Gasteiger partial charge in [0.2, 0.25) is 5.91 Å². The molecule has 202 valence electrons. The smallest absolute Gasteiger partial charge is 0.240 e. The third-order valence-corrected chi connectivity index (χ3v) is 7.97. The monoisotopic (exact) mass is 521 g/mol. The molecule has 5 heteroatoms. The lowest BCUT2D eigenvalue weighted by Crippen LogP contribution is -2.47. The average molecular weight is 522 g/mol. The Morgan fingerprint density at radius 1 is 1.05 bits per heavy atom. The second-order valence-corrected chi connectivity index (χ2v) is 10.8. The number of carbonyl (C=O) groups excluding carboxylic acids is 1. The number of anilines is 1. The number of rotatable bonds is 8. The van der Waals surface area contributed by atoms with E-state index in [0.717, 1.165) is 41.8 Å². The maximum Gasteiger partial charge on any atom is 0.240 e. The molecule has 4 aromatic rings. The Morgan fingerprint density at radius 2 is 1.79 bits per heavy atom. The Balaban J connectivity index is 1.50. The summed E-state index contributed by atoms with van der Waals surface area (Å²) in [6, 6.07) is 20.7. The minimum atomic E-state index is -0.593. The van der Waals surface area contributed by atoms with Gasteiger partial charge in [-0.1, -0.05) is 54.1 Å². The van der Waals surface area contributed by atoms with E-state index in [0.29, 0.717) is 13.0 Å². The molecule has 0 saturated carbocycles. The number of benzene rings is 3. The summed E-state index contributed by atoms with van der Waals surface area (Å²) in [6.07, 6.45) is 5.69. The van der Waals surface area contributed by atoms with E-state index in [1.807, 2.05) is 17.0 Å². The van der Waals surface area contributed by atoms with Gasteiger partial charge in [-0.15, -0.1) is 0 Å². The molecule has 2 unspecified atom stereocenters. The number of amides is 1. The highest BCUT2D eigenvalue weighted by Crippen LogP contribution is 2.42. The van der Waals surface area contributed by atoms with Crippen molar-refractivity contribution in [2.45, 2.75) is 59.0 Å². The standard InChI is InChI=1S/C34H39N3O2/c1-5-37(34(38)31(35)20-28-23(3)15-22(2)16-24(28)4)32-11-13-36-33-29(27-12-14-39-21-27)18-26(19-30(32)33)17-25-9-7-6-8-10-25/h6-10,12,14-16,18-19,21,31-32,36H,5,11,13,17,20,35H2,1-4H3. The zero-order valence-corrected chi connectivity index (χ0v) is 23.5. The molecular formula is C34H39N3O2. The number of fused-ring (bicyclic) bond motifs is 1. The highest BCUT2D eigenvalue weighted by atomic mass is 16.3. The number of hydrogen-bond donors (Lipinski definition) is 2. The molecule has 1 amide bonds. The van der Waals surface area contributed by atoms with Crippen LogP contribution in [0.5, 0.6) is 0 Å². The Kier molecular flexibility index (Phi) is 7.89. The second kappa shape index (κ2) is 11.5. The summed E-state index contributed by atoms with van der Waals surface area (Å²) in [7, 11) is 0. The van der Waals surface area contributed by atoms with Crippen molar-refractivity contribution >= 4 is 11.6 Å². The van der Waals surface area contributed by atoms with E-state index in [9.17, 15) is 4.79 Å². The van der Waals surface area contributed by atoms with E-state index in [1.165, 1.54) is 33.4 Å². The summed E-state index contributed by atoms with van der Waals surface area (Å²) in [6.45, 7) is 9.77. The molecule has 1 aromatic heterocycles. The number of hydrogen-bond acceptors (Lipinski definition) is 4. The minimum Gasteiger partial charge on any atom is -0.472 e. The number of nitrogens with one attached hydrogen (secondary N) is 1. The van der Waals surface area contributed by atoms with Crippen molar-refractivity contribution in [1.29, 1.82) is 0 Å². The van der Waals surface area contributed by atoms with Gasteiger partial charge in [-0.2, -0.15) is 0 Å². The van der Waals surface area contributed by atoms with Crippen LogP contribution in [0.1, 0.15) is 58.3 Å². The Labute approximate surface area is 232 Å². The van der Waals surface area contributed by atoms with Gasteiger partial charge in [0.15, 0.2) is 0 Å². The number of furan rings is 1. The van der Waals surface area contributed by atoms with Crippen molar-refractivity contribution < 1.29 is 9.21 Å². The highest BCUT2D eigenvalue weighted by Gasteiger charge is 2.33. The molecule has 3 aromatic carbocycles. The van der Waals surface area contributed by atoms with Crippen molar-refractivity contribution in [2.24, 2.45) is 5.73 Å². The summed E-state index contributed by atoms with van der Waals surface area (Å²) >= 11 is 0. The van der Waals surface area contributed by atoms with Crippen LogP contribution in [-0.2, 0) is 17.6 Å². The van der Waals surface area contributed by atoms with E-state index in [1.54, 1.807) is 12.5 Å². The third-order valence-electron chi connectivity index (χ3n) is 7.97. The molecule has 1 aliphatic heterocycles. The van der Waals surface area contributed by atoms with Crippen LogP contribution < -0.4 is 11.1 Å². The van der Waals surface area contributed by atoms with Crippen LogP contribution in [0, 0.1) is 20.8 Å². The fourth-order valence-corrected chi connectivity index (χ4v) is 6.16. The number of carbonyl (C=O) groups is 1. The van der Waals surface area contributed by atoms with E-state index >= 15 is 0 Å². The van der Waals surface area contributed by atoms with Gasteiger partial charge >= 0.3 is 0 Å². The summed E-state index contributed by atoms with van der Waals surface area (Å²) < 4.78 is 5.46. The number of likely N-dealkylation sites (N-methyl/N-ethyl adjacent to an activating group) is 1. The van der Waals surface area contributed by atoms with Gasteiger partial charge in [-0.25, -0.2) is 0 Å². The molecule has 5 nitrogen and oxygen atoms in total. The quantitative estimate of drug-likeness (QED) is 0.269. The lowest BCUT2D eigenvalue weighted by atomic mass is 9.87. The van der Waals surface area contributed by atoms with Gasteiger partial charge < -0.3 is 20.4 Å². The first-order valence-corrected chi connectivity index (χ1v) is 14.0. The summed E-state index contributed by atoms with van der Waals surface area (Å²) in [5.41, 5.74) is 18.3. The van der Waals surface area contributed by atoms with Crippen molar-refractivity contribution in [2.75, 3.05) is 18.4 Å². The van der Waals surface area contributed by atoms with Crippen molar-refractivity contribution in [3.05, 3.63) is 112 Å². The Morgan fingerprint density at radius 3 is 2.46 bits per heavy atom. The summed E-state index contributed by atoms with van der Waals surface area (Å²) in [5, 5.41) is 3.64. The fourth-order valence-electron chi connectivity index (χ4n) is 6.16. The molecule has 3 N–H and O–H groups in total. The molecule has 0 spiro atoms. The number of aryl methyl sites for hydroxylation is 3. The normalized spacial score (nSPS) is 15.4. The average Bonchev–Trinajstić information content (AvgIpc) is 3.46. The SMILES string of the molecule is CCN(C(=O)C(N)Cc1c(C)cc(C)cc1C)C1CCNc2c(-c3ccoc3)cc(Cc3ccccc3)cc21. The molecule has 0 fully saturated rings. The Bertz CT molecular complexity index is 1420. The molecule has 2 atom stereocenters. The predicted molar refractivity (Wildman–Crippen MR) is 159 cm³/mol. The Hall–Kier alpha value is -3.83. The first-order chi connectivity index (χ1) is 18.9. The zero-order valence-electron chi connectivity index (χ0n) is 23.5. The molecule has 1 aliphatic rings. The van der Waals surface area contributed by atoms with Crippen molar-refractivity contribution in [1.82, 2.24) is 4.90 Å². The van der Waals surface area contributed by atoms with Gasteiger partial charge in [-0.05, 0) is 92.5 Å². The lowest BCUT2D eigenvalue weighted by molar-refractivity contribution is -0.135. The van der Waals surface area contributed by atoms with Crippen LogP contribution in [0.2, 0.25) is 0 Å². The molecular weight excluding hydrogens is 482 g/mol. The molecule has 5 rings (SSSR count). The molecule has 0 saturated heterocycles. The number of nitrogens with zero attached hydrogens (tertiary/aromatic N) is 1. The lowest BCUT2D eigenvalue weighted by Gasteiger charge is -2.38. The van der Waals surface area contributed by atoms with Crippen molar-refractivity contribution in [3.8, 4) is 11.1 Å². The second-order valence-electron chi connectivity index (χ2n) is 10.8. The zero-order chi connectivity index (χ0) is 27.5. The van der Waals surface area contributed by atoms with E-state index < -0.39 is 6.04 Å². The van der Waals surface area contributed by atoms with Gasteiger partial charge in [0.1, 0.15) is 0 Å². The molecule has 0 aliphatic carbocycles. The van der Waals surface area contributed by atoms with E-state index in [-0.39, 0.29) is 11.9 Å². The molecule has 0 bridgehead atoms. The minimum absolute atomic E-state index is 0.00745. The largest absolute Gasteiger partial charge is 0.472 e. The molecule has 39 heavy (non-hydrogen) atoms. The maximum absolute atomic E-state index is 13.9. The van der Waals surface area contributed by atoms with Gasteiger partial charge in [0.25, 0.3) is 0 Å². The fraction of sp³-hybridized carbons (Fsp3) is 0.324. The summed E-state index contributed by atoms with van der Waals surface area (Å²) in [4.78, 5) is 15.9.